The molecule has 7 nitrogen and oxygen atoms in total. The fraction of sp³-hybridized carbons (Fsp3) is 0.185. The number of aryl methyl sites for hydroxylation is 2. The minimum absolute atomic E-state index is 0.0758. The van der Waals surface area contributed by atoms with Gasteiger partial charge in [0, 0.05) is 29.6 Å². The van der Waals surface area contributed by atoms with Crippen LogP contribution in [0.2, 0.25) is 0 Å². The monoisotopic (exact) mass is 483 g/mol. The number of ether oxygens (including phenoxy) is 1. The van der Waals surface area contributed by atoms with Gasteiger partial charge in [-0.1, -0.05) is 48.2 Å². The lowest BCUT2D eigenvalue weighted by atomic mass is 10.1. The van der Waals surface area contributed by atoms with Crippen molar-refractivity contribution < 1.29 is 4.74 Å². The largest absolute Gasteiger partial charge is 0.497 e. The molecule has 0 atom stereocenters. The number of rotatable bonds is 8. The highest BCUT2D eigenvalue weighted by Crippen LogP contribution is 2.27. The van der Waals surface area contributed by atoms with Crippen molar-refractivity contribution in [2.45, 2.75) is 30.8 Å². The average Bonchev–Trinajstić information content (AvgIpc) is 3.29. The quantitative estimate of drug-likeness (QED) is 0.295. The van der Waals surface area contributed by atoms with Crippen LogP contribution in [0.5, 0.6) is 5.75 Å². The maximum atomic E-state index is 12.7. The molecule has 2 aromatic carbocycles. The summed E-state index contributed by atoms with van der Waals surface area (Å²) in [6.07, 6.45) is 0.852. The van der Waals surface area contributed by atoms with Gasteiger partial charge in [0.1, 0.15) is 11.4 Å². The minimum Gasteiger partial charge on any atom is -0.497 e. The van der Waals surface area contributed by atoms with Gasteiger partial charge in [-0.2, -0.15) is 0 Å². The molecule has 3 aromatic heterocycles. The summed E-state index contributed by atoms with van der Waals surface area (Å²) in [5.74, 6) is 2.11. The van der Waals surface area contributed by atoms with Crippen LogP contribution in [0.3, 0.4) is 0 Å². The van der Waals surface area contributed by atoms with Gasteiger partial charge >= 0.3 is 0 Å². The Labute approximate surface area is 207 Å². The molecule has 0 aliphatic rings. The molecule has 5 aromatic rings. The fourth-order valence-corrected chi connectivity index (χ4v) is 4.87. The van der Waals surface area contributed by atoms with Crippen LogP contribution in [-0.2, 0) is 18.7 Å². The first-order valence-corrected chi connectivity index (χ1v) is 12.3. The van der Waals surface area contributed by atoms with Crippen LogP contribution < -0.4 is 10.3 Å². The van der Waals surface area contributed by atoms with Crippen molar-refractivity contribution in [3.63, 3.8) is 0 Å². The summed E-state index contributed by atoms with van der Waals surface area (Å²) in [6.45, 7) is 2.63. The highest BCUT2D eigenvalue weighted by molar-refractivity contribution is 7.98. The second-order valence-electron chi connectivity index (χ2n) is 8.16. The van der Waals surface area contributed by atoms with E-state index in [0.29, 0.717) is 17.1 Å². The third-order valence-corrected chi connectivity index (χ3v) is 6.81. The predicted molar refractivity (Wildman–Crippen MR) is 138 cm³/mol. The summed E-state index contributed by atoms with van der Waals surface area (Å²) >= 11 is 1.53. The maximum Gasteiger partial charge on any atom is 0.258 e. The first-order chi connectivity index (χ1) is 17.1. The average molecular weight is 484 g/mol. The Morgan fingerprint density at radius 1 is 0.943 bits per heavy atom. The number of hydrogen-bond donors (Lipinski definition) is 0. The van der Waals surface area contributed by atoms with Gasteiger partial charge < -0.3 is 9.30 Å². The summed E-state index contributed by atoms with van der Waals surface area (Å²) in [5, 5.41) is 9.80. The first-order valence-electron chi connectivity index (χ1n) is 11.3. The van der Waals surface area contributed by atoms with Crippen molar-refractivity contribution >= 4 is 17.4 Å². The standard InChI is InChI=1S/C27H25N5O2S/c1-19-7-6-10-24-28-22(17-25(33)32(19)24)18-35-27-30-29-26(21-11-13-23(34-2)14-12-21)31(27)16-15-20-8-4-3-5-9-20/h3-14,17H,15-16,18H2,1-2H3. The van der Waals surface area contributed by atoms with Gasteiger partial charge in [-0.05, 0) is 55.3 Å². The van der Waals surface area contributed by atoms with Crippen LogP contribution in [-0.4, -0.2) is 31.3 Å². The van der Waals surface area contributed by atoms with Crippen LogP contribution in [0.1, 0.15) is 17.0 Å². The summed E-state index contributed by atoms with van der Waals surface area (Å²) in [5.41, 5.74) is 4.37. The number of pyridine rings is 1. The van der Waals surface area contributed by atoms with E-state index >= 15 is 0 Å². The van der Waals surface area contributed by atoms with Crippen molar-refractivity contribution in [2.24, 2.45) is 0 Å². The highest BCUT2D eigenvalue weighted by atomic mass is 32.2. The number of fused-ring (bicyclic) bond motifs is 1. The first kappa shape index (κ1) is 22.9. The van der Waals surface area contributed by atoms with Gasteiger partial charge in [0.25, 0.3) is 5.56 Å². The Hall–Kier alpha value is -3.91. The lowest BCUT2D eigenvalue weighted by Crippen LogP contribution is -2.17. The summed E-state index contributed by atoms with van der Waals surface area (Å²) in [7, 11) is 1.65. The number of thioether (sulfide) groups is 1. The molecule has 0 fully saturated rings. The Bertz CT molecular complexity index is 1510. The Kier molecular flexibility index (Phi) is 6.63. The molecule has 8 heteroatoms. The van der Waals surface area contributed by atoms with E-state index in [2.05, 4.69) is 26.9 Å². The molecule has 0 radical (unpaired) electrons. The normalized spacial score (nSPS) is 11.1. The van der Waals surface area contributed by atoms with Crippen molar-refractivity contribution in [3.05, 3.63) is 106 Å². The molecule has 0 saturated heterocycles. The number of hydrogen-bond acceptors (Lipinski definition) is 6. The second kappa shape index (κ2) is 10.1. The number of methoxy groups -OCH3 is 1. The molecule has 5 rings (SSSR count). The molecule has 0 bridgehead atoms. The van der Waals surface area contributed by atoms with E-state index in [1.54, 1.807) is 17.6 Å². The number of nitrogens with zero attached hydrogens (tertiary/aromatic N) is 5. The van der Waals surface area contributed by atoms with Gasteiger partial charge in [-0.3, -0.25) is 9.20 Å². The molecule has 0 N–H and O–H groups in total. The van der Waals surface area contributed by atoms with Gasteiger partial charge in [0.15, 0.2) is 11.0 Å². The van der Waals surface area contributed by atoms with Crippen LogP contribution in [0.15, 0.2) is 88.8 Å². The molecule has 0 aliphatic heterocycles. The zero-order chi connectivity index (χ0) is 24.2. The van der Waals surface area contributed by atoms with Gasteiger partial charge in [-0.15, -0.1) is 10.2 Å². The zero-order valence-corrected chi connectivity index (χ0v) is 20.4. The lowest BCUT2D eigenvalue weighted by molar-refractivity contribution is 0.415. The molecular weight excluding hydrogens is 458 g/mol. The number of aromatic nitrogens is 5. The zero-order valence-electron chi connectivity index (χ0n) is 19.6. The molecule has 0 aliphatic carbocycles. The Morgan fingerprint density at radius 2 is 1.74 bits per heavy atom. The van der Waals surface area contributed by atoms with Crippen molar-refractivity contribution in [1.29, 1.82) is 0 Å². The topological polar surface area (TPSA) is 74.3 Å². The SMILES string of the molecule is COc1ccc(-c2nnc(SCc3cc(=O)n4c(C)cccc4n3)n2CCc2ccccc2)cc1. The fourth-order valence-electron chi connectivity index (χ4n) is 4.01. The lowest BCUT2D eigenvalue weighted by Gasteiger charge is -2.11. The smallest absolute Gasteiger partial charge is 0.258 e. The molecule has 3 heterocycles. The predicted octanol–water partition coefficient (Wildman–Crippen LogP) is 4.81. The summed E-state index contributed by atoms with van der Waals surface area (Å²) in [6, 6.07) is 25.5. The van der Waals surface area contributed by atoms with E-state index in [0.717, 1.165) is 41.0 Å². The maximum absolute atomic E-state index is 12.7. The van der Waals surface area contributed by atoms with E-state index in [1.165, 1.54) is 17.3 Å². The molecule has 35 heavy (non-hydrogen) atoms. The summed E-state index contributed by atoms with van der Waals surface area (Å²) < 4.78 is 9.06. The third kappa shape index (κ3) is 4.97. The Balaban J connectivity index is 1.44. The van der Waals surface area contributed by atoms with E-state index < -0.39 is 0 Å². The molecular formula is C27H25N5O2S. The van der Waals surface area contributed by atoms with Gasteiger partial charge in [-0.25, -0.2) is 4.98 Å². The van der Waals surface area contributed by atoms with Crippen LogP contribution in [0.4, 0.5) is 0 Å². The van der Waals surface area contributed by atoms with Crippen LogP contribution in [0, 0.1) is 6.92 Å². The van der Waals surface area contributed by atoms with Crippen molar-refractivity contribution in [2.75, 3.05) is 7.11 Å². The molecule has 0 amide bonds. The van der Waals surface area contributed by atoms with Crippen LogP contribution in [0.25, 0.3) is 17.0 Å². The van der Waals surface area contributed by atoms with E-state index in [1.807, 2.05) is 67.6 Å². The second-order valence-corrected chi connectivity index (χ2v) is 9.10. The molecule has 176 valence electrons. The highest BCUT2D eigenvalue weighted by Gasteiger charge is 2.16. The van der Waals surface area contributed by atoms with Crippen LogP contribution >= 0.6 is 11.8 Å². The Morgan fingerprint density at radius 3 is 2.51 bits per heavy atom. The molecule has 0 spiro atoms. The van der Waals surface area contributed by atoms with E-state index in [4.69, 9.17) is 9.72 Å². The third-order valence-electron chi connectivity index (χ3n) is 5.81. The van der Waals surface area contributed by atoms with Gasteiger partial charge in [0.05, 0.1) is 12.8 Å². The van der Waals surface area contributed by atoms with Gasteiger partial charge in [0.2, 0.25) is 0 Å². The van der Waals surface area contributed by atoms with E-state index in [9.17, 15) is 4.79 Å². The molecule has 0 saturated carbocycles. The summed E-state index contributed by atoms with van der Waals surface area (Å²) in [4.78, 5) is 17.4. The number of benzene rings is 2. The minimum atomic E-state index is -0.0758. The van der Waals surface area contributed by atoms with E-state index in [-0.39, 0.29) is 5.56 Å². The van der Waals surface area contributed by atoms with Crippen molar-refractivity contribution in [1.82, 2.24) is 24.1 Å². The molecule has 0 unspecified atom stereocenters. The van der Waals surface area contributed by atoms with Crippen molar-refractivity contribution in [3.8, 4) is 17.1 Å².